The Hall–Kier alpha value is -2.55. The maximum Gasteiger partial charge on any atom is 0.230 e. The van der Waals surface area contributed by atoms with Gasteiger partial charge in [-0.05, 0) is 37.1 Å². The number of rotatable bonds is 5. The predicted molar refractivity (Wildman–Crippen MR) is 100 cm³/mol. The zero-order valence-corrected chi connectivity index (χ0v) is 15.5. The summed E-state index contributed by atoms with van der Waals surface area (Å²) in [4.78, 5) is 20.7. The lowest BCUT2D eigenvalue weighted by Gasteiger charge is -2.22. The number of hydrogen-bond donors (Lipinski definition) is 1. The molecule has 27 heavy (non-hydrogen) atoms. The molecule has 3 aromatic rings. The number of aromatic nitrogens is 5. The predicted octanol–water partition coefficient (Wildman–Crippen LogP) is 2.89. The average Bonchev–Trinajstić information content (AvgIpc) is 3.12. The topological polar surface area (TPSA) is 85.6 Å². The van der Waals surface area contributed by atoms with Crippen LogP contribution in [0.2, 0.25) is 0 Å². The van der Waals surface area contributed by atoms with E-state index >= 15 is 0 Å². The molecular weight excluding hydrogens is 367 g/mol. The van der Waals surface area contributed by atoms with Crippen molar-refractivity contribution >= 4 is 28.8 Å². The molecule has 1 aliphatic rings. The largest absolute Gasteiger partial charge is 0.353 e. The molecule has 0 spiro atoms. The van der Waals surface area contributed by atoms with Crippen molar-refractivity contribution in [3.05, 3.63) is 36.4 Å². The van der Waals surface area contributed by atoms with Crippen LogP contribution in [-0.4, -0.2) is 42.7 Å². The molecule has 1 saturated carbocycles. The Morgan fingerprint density at radius 1 is 1.19 bits per heavy atom. The van der Waals surface area contributed by atoms with Gasteiger partial charge in [0.15, 0.2) is 11.2 Å². The normalized spacial score (nSPS) is 15.1. The highest BCUT2D eigenvalue weighted by Gasteiger charge is 2.18. The molecule has 2 heterocycles. The van der Waals surface area contributed by atoms with Crippen molar-refractivity contribution in [2.45, 2.75) is 43.2 Å². The summed E-state index contributed by atoms with van der Waals surface area (Å²) < 4.78 is 14.7. The Morgan fingerprint density at radius 3 is 2.74 bits per heavy atom. The van der Waals surface area contributed by atoms with E-state index in [-0.39, 0.29) is 23.5 Å². The van der Waals surface area contributed by atoms with Crippen molar-refractivity contribution in [2.75, 3.05) is 5.75 Å². The van der Waals surface area contributed by atoms with E-state index < -0.39 is 0 Å². The minimum absolute atomic E-state index is 0.00425. The molecule has 7 nitrogen and oxygen atoms in total. The molecule has 2 aromatic heterocycles. The first kappa shape index (κ1) is 17.8. The maximum absolute atomic E-state index is 13.1. The first-order valence-corrected chi connectivity index (χ1v) is 9.94. The van der Waals surface area contributed by atoms with Crippen LogP contribution in [0.25, 0.3) is 16.9 Å². The first-order chi connectivity index (χ1) is 13.2. The minimum atomic E-state index is -0.321. The average molecular weight is 386 g/mol. The van der Waals surface area contributed by atoms with E-state index in [1.807, 2.05) is 0 Å². The van der Waals surface area contributed by atoms with Crippen LogP contribution in [0, 0.1) is 5.82 Å². The molecule has 9 heteroatoms. The summed E-state index contributed by atoms with van der Waals surface area (Å²) >= 11 is 1.32. The van der Waals surface area contributed by atoms with Gasteiger partial charge >= 0.3 is 0 Å². The fourth-order valence-electron chi connectivity index (χ4n) is 3.24. The van der Waals surface area contributed by atoms with Gasteiger partial charge in [0.2, 0.25) is 5.91 Å². The van der Waals surface area contributed by atoms with Crippen LogP contribution in [0.5, 0.6) is 0 Å². The Kier molecular flexibility index (Phi) is 5.28. The minimum Gasteiger partial charge on any atom is -0.353 e. The molecule has 1 aromatic carbocycles. The third kappa shape index (κ3) is 4.08. The summed E-state index contributed by atoms with van der Waals surface area (Å²) in [5, 5.41) is 12.0. The summed E-state index contributed by atoms with van der Waals surface area (Å²) in [7, 11) is 0. The monoisotopic (exact) mass is 386 g/mol. The molecule has 0 unspecified atom stereocenters. The van der Waals surface area contributed by atoms with Crippen LogP contribution in [0.1, 0.15) is 32.1 Å². The van der Waals surface area contributed by atoms with Gasteiger partial charge in [-0.1, -0.05) is 36.2 Å². The molecule has 0 atom stereocenters. The number of halogens is 1. The van der Waals surface area contributed by atoms with Gasteiger partial charge in [0, 0.05) is 6.04 Å². The highest BCUT2D eigenvalue weighted by molar-refractivity contribution is 8.00. The van der Waals surface area contributed by atoms with Crippen LogP contribution in [0.15, 0.2) is 35.6 Å². The van der Waals surface area contributed by atoms with E-state index in [9.17, 15) is 9.18 Å². The molecule has 0 saturated heterocycles. The summed E-state index contributed by atoms with van der Waals surface area (Å²) in [5.41, 5.74) is 1.70. The molecule has 140 valence electrons. The van der Waals surface area contributed by atoms with Gasteiger partial charge in [-0.25, -0.2) is 14.4 Å². The van der Waals surface area contributed by atoms with Gasteiger partial charge in [-0.15, -0.1) is 5.10 Å². The van der Waals surface area contributed by atoms with Gasteiger partial charge in [-0.3, -0.25) is 4.79 Å². The molecule has 1 fully saturated rings. The number of carbonyl (C=O) groups excluding carboxylic acids is 1. The van der Waals surface area contributed by atoms with Crippen molar-refractivity contribution in [3.8, 4) is 5.69 Å². The number of benzene rings is 1. The van der Waals surface area contributed by atoms with Gasteiger partial charge in [0.05, 0.1) is 11.4 Å². The second-order valence-corrected chi connectivity index (χ2v) is 7.48. The van der Waals surface area contributed by atoms with E-state index in [0.717, 1.165) is 12.8 Å². The van der Waals surface area contributed by atoms with Gasteiger partial charge < -0.3 is 5.32 Å². The second-order valence-electron chi connectivity index (χ2n) is 6.52. The number of thioether (sulfide) groups is 1. The van der Waals surface area contributed by atoms with Crippen molar-refractivity contribution in [3.63, 3.8) is 0 Å². The quantitative estimate of drug-likeness (QED) is 0.536. The van der Waals surface area contributed by atoms with Gasteiger partial charge in [0.25, 0.3) is 0 Å². The number of hydrogen-bond acceptors (Lipinski definition) is 6. The van der Waals surface area contributed by atoms with Crippen LogP contribution in [0.4, 0.5) is 4.39 Å². The number of fused-ring (bicyclic) bond motifs is 1. The molecule has 1 amide bonds. The molecule has 4 rings (SSSR count). The summed E-state index contributed by atoms with van der Waals surface area (Å²) in [6.07, 6.45) is 7.14. The zero-order valence-electron chi connectivity index (χ0n) is 14.6. The summed E-state index contributed by atoms with van der Waals surface area (Å²) in [6.45, 7) is 0. The van der Waals surface area contributed by atoms with E-state index in [0.29, 0.717) is 21.9 Å². The highest BCUT2D eigenvalue weighted by atomic mass is 32.2. The molecule has 0 radical (unpaired) electrons. The fraction of sp³-hybridized carbons (Fsp3) is 0.389. The van der Waals surface area contributed by atoms with Crippen molar-refractivity contribution < 1.29 is 9.18 Å². The van der Waals surface area contributed by atoms with Gasteiger partial charge in [0.1, 0.15) is 17.2 Å². The Balaban J connectivity index is 1.48. The zero-order chi connectivity index (χ0) is 18.6. The van der Waals surface area contributed by atoms with Crippen molar-refractivity contribution in [2.24, 2.45) is 0 Å². The highest BCUT2D eigenvalue weighted by Crippen LogP contribution is 2.24. The summed E-state index contributed by atoms with van der Waals surface area (Å²) in [5.74, 6) is -0.0472. The Morgan fingerprint density at radius 2 is 1.96 bits per heavy atom. The maximum atomic E-state index is 13.1. The number of nitrogens with one attached hydrogen (secondary N) is 1. The number of amides is 1. The molecule has 1 N–H and O–H groups in total. The summed E-state index contributed by atoms with van der Waals surface area (Å²) in [6, 6.07) is 6.22. The van der Waals surface area contributed by atoms with Crippen LogP contribution in [0.3, 0.4) is 0 Å². The van der Waals surface area contributed by atoms with Gasteiger partial charge in [-0.2, -0.15) is 4.68 Å². The molecule has 1 aliphatic carbocycles. The van der Waals surface area contributed by atoms with Crippen molar-refractivity contribution in [1.82, 2.24) is 30.3 Å². The lowest BCUT2D eigenvalue weighted by molar-refractivity contribution is -0.119. The Bertz CT molecular complexity index is 939. The lowest BCUT2D eigenvalue weighted by atomic mass is 9.95. The molecule has 0 bridgehead atoms. The van der Waals surface area contributed by atoms with Crippen LogP contribution < -0.4 is 5.32 Å². The van der Waals surface area contributed by atoms with Crippen LogP contribution in [-0.2, 0) is 4.79 Å². The van der Waals surface area contributed by atoms with E-state index in [4.69, 9.17) is 0 Å². The first-order valence-electron chi connectivity index (χ1n) is 8.95. The third-order valence-corrected chi connectivity index (χ3v) is 5.56. The molecule has 0 aliphatic heterocycles. The second kappa shape index (κ2) is 7.99. The SMILES string of the molecule is O=C(CSc1ncnc2c1nnn2-c1ccc(F)cc1)NC1CCCCC1. The number of carbonyl (C=O) groups is 1. The fourth-order valence-corrected chi connectivity index (χ4v) is 3.98. The number of nitrogens with zero attached hydrogens (tertiary/aromatic N) is 5. The van der Waals surface area contributed by atoms with Crippen LogP contribution >= 0.6 is 11.8 Å². The van der Waals surface area contributed by atoms with E-state index in [1.54, 1.807) is 12.1 Å². The van der Waals surface area contributed by atoms with Crippen molar-refractivity contribution in [1.29, 1.82) is 0 Å². The van der Waals surface area contributed by atoms with E-state index in [1.165, 1.54) is 54.2 Å². The standard InChI is InChI=1S/C18H19FN6OS/c19-12-6-8-14(9-7-12)25-17-16(23-24-25)18(21-11-20-17)27-10-15(26)22-13-4-2-1-3-5-13/h6-9,11,13H,1-5,10H2,(H,22,26). The smallest absolute Gasteiger partial charge is 0.230 e. The van der Waals surface area contributed by atoms with E-state index in [2.05, 4.69) is 25.6 Å². The molecular formula is C18H19FN6OS. The third-order valence-electron chi connectivity index (χ3n) is 4.59. The lowest BCUT2D eigenvalue weighted by Crippen LogP contribution is -2.37. The Labute approximate surface area is 159 Å².